The summed E-state index contributed by atoms with van der Waals surface area (Å²) in [7, 11) is 0. The lowest BCUT2D eigenvalue weighted by Crippen LogP contribution is -2.19. The molecule has 7 heteroatoms. The zero-order chi connectivity index (χ0) is 22.5. The molecule has 0 aliphatic carbocycles. The van der Waals surface area contributed by atoms with Crippen LogP contribution < -0.4 is 10.1 Å². The Morgan fingerprint density at radius 1 is 1.00 bits per heavy atom. The molecule has 1 saturated heterocycles. The normalized spacial score (nSPS) is 15.9. The van der Waals surface area contributed by atoms with Crippen LogP contribution in [0.5, 0.6) is 5.75 Å². The van der Waals surface area contributed by atoms with Crippen LogP contribution in [0.3, 0.4) is 0 Å². The van der Waals surface area contributed by atoms with Crippen LogP contribution in [0.1, 0.15) is 23.6 Å². The van der Waals surface area contributed by atoms with Crippen molar-refractivity contribution in [2.45, 2.75) is 20.0 Å². The van der Waals surface area contributed by atoms with E-state index < -0.39 is 0 Å². The molecule has 1 fully saturated rings. The average Bonchev–Trinajstić information content (AvgIpc) is 3.12. The molecule has 1 heterocycles. The van der Waals surface area contributed by atoms with Gasteiger partial charge < -0.3 is 10.1 Å². The summed E-state index contributed by atoms with van der Waals surface area (Å²) in [5, 5.41) is 3.41. The molecule has 4 rings (SSSR count). The summed E-state index contributed by atoms with van der Waals surface area (Å²) < 4.78 is 7.60. The molecular weight excluding hydrogens is 552 g/mol. The van der Waals surface area contributed by atoms with Crippen LogP contribution in [0, 0.1) is 0 Å². The summed E-state index contributed by atoms with van der Waals surface area (Å²) in [5.41, 5.74) is 4.04. The first-order chi connectivity index (χ1) is 15.5. The lowest BCUT2D eigenvalue weighted by atomic mass is 10.2. The van der Waals surface area contributed by atoms with E-state index in [1.807, 2.05) is 72.8 Å². The number of carbonyl (C=O) groups excluding carboxylic acids is 1. The second-order valence-corrected chi connectivity index (χ2v) is 9.83. The van der Waals surface area contributed by atoms with Crippen molar-refractivity contribution >= 4 is 66.5 Å². The average molecular weight is 572 g/mol. The van der Waals surface area contributed by atoms with Gasteiger partial charge in [-0.3, -0.25) is 4.79 Å². The van der Waals surface area contributed by atoms with Crippen molar-refractivity contribution in [1.82, 2.24) is 5.32 Å². The Hall–Kier alpha value is -2.35. The number of benzene rings is 3. The van der Waals surface area contributed by atoms with E-state index in [0.717, 1.165) is 37.9 Å². The summed E-state index contributed by atoms with van der Waals surface area (Å²) in [6, 6.07) is 21.9. The highest BCUT2D eigenvalue weighted by Crippen LogP contribution is 2.37. The Morgan fingerprint density at radius 3 is 2.34 bits per heavy atom. The van der Waals surface area contributed by atoms with Crippen molar-refractivity contribution in [2.24, 2.45) is 4.99 Å². The van der Waals surface area contributed by atoms with Crippen LogP contribution in [0.2, 0.25) is 0 Å². The monoisotopic (exact) mass is 570 g/mol. The summed E-state index contributed by atoms with van der Waals surface area (Å²) in [5.74, 6) is 0.563. The van der Waals surface area contributed by atoms with Crippen LogP contribution in [-0.2, 0) is 17.8 Å². The molecule has 3 aromatic rings. The number of amides is 1. The minimum atomic E-state index is -0.157. The largest absolute Gasteiger partial charge is 0.487 e. The van der Waals surface area contributed by atoms with Crippen molar-refractivity contribution in [3.63, 3.8) is 0 Å². The van der Waals surface area contributed by atoms with E-state index in [4.69, 9.17) is 4.74 Å². The lowest BCUT2D eigenvalue weighted by molar-refractivity contribution is -0.115. The second kappa shape index (κ2) is 10.5. The number of hydrogen-bond acceptors (Lipinski definition) is 4. The van der Waals surface area contributed by atoms with Gasteiger partial charge in [-0.05, 0) is 97.1 Å². The first-order valence-corrected chi connectivity index (χ1v) is 12.5. The summed E-state index contributed by atoms with van der Waals surface area (Å²) in [6.45, 7) is 2.58. The number of halogens is 2. The molecule has 32 heavy (non-hydrogen) atoms. The van der Waals surface area contributed by atoms with Gasteiger partial charge in [-0.25, -0.2) is 4.99 Å². The van der Waals surface area contributed by atoms with E-state index in [1.54, 1.807) is 0 Å². The Bertz CT molecular complexity index is 1170. The van der Waals surface area contributed by atoms with E-state index in [-0.39, 0.29) is 5.91 Å². The van der Waals surface area contributed by atoms with Gasteiger partial charge in [-0.2, -0.15) is 0 Å². The quantitative estimate of drug-likeness (QED) is 0.317. The van der Waals surface area contributed by atoms with Crippen LogP contribution in [0.4, 0.5) is 5.69 Å². The zero-order valence-corrected chi connectivity index (χ0v) is 21.3. The minimum Gasteiger partial charge on any atom is -0.487 e. The number of thioether (sulfide) groups is 1. The van der Waals surface area contributed by atoms with E-state index in [9.17, 15) is 4.79 Å². The number of hydrogen-bond donors (Lipinski definition) is 1. The molecule has 1 N–H and O–H groups in total. The van der Waals surface area contributed by atoms with E-state index in [2.05, 4.69) is 49.1 Å². The number of aliphatic imine (C=N–C) groups is 1. The van der Waals surface area contributed by atoms with Gasteiger partial charge >= 0.3 is 0 Å². The van der Waals surface area contributed by atoms with Crippen molar-refractivity contribution in [1.29, 1.82) is 0 Å². The first kappa shape index (κ1) is 22.8. The molecule has 0 aromatic heterocycles. The summed E-state index contributed by atoms with van der Waals surface area (Å²) in [4.78, 5) is 17.6. The molecule has 0 radical (unpaired) electrons. The maximum Gasteiger partial charge on any atom is 0.264 e. The smallest absolute Gasteiger partial charge is 0.264 e. The molecule has 1 aliphatic rings. The zero-order valence-electron chi connectivity index (χ0n) is 17.3. The Balaban J connectivity index is 1.49. The third kappa shape index (κ3) is 5.71. The topological polar surface area (TPSA) is 50.7 Å². The van der Waals surface area contributed by atoms with E-state index in [0.29, 0.717) is 16.7 Å². The fraction of sp³-hybridized carbons (Fsp3) is 0.120. The summed E-state index contributed by atoms with van der Waals surface area (Å²) in [6.07, 6.45) is 2.83. The van der Waals surface area contributed by atoms with Crippen molar-refractivity contribution < 1.29 is 9.53 Å². The van der Waals surface area contributed by atoms with Crippen LogP contribution in [0.25, 0.3) is 6.08 Å². The molecule has 4 nitrogen and oxygen atoms in total. The van der Waals surface area contributed by atoms with Gasteiger partial charge in [0.1, 0.15) is 12.4 Å². The third-order valence-corrected chi connectivity index (χ3v) is 6.86. The van der Waals surface area contributed by atoms with E-state index >= 15 is 0 Å². The molecular formula is C25H20Br2N2O2S. The Morgan fingerprint density at radius 2 is 1.69 bits per heavy atom. The second-order valence-electron chi connectivity index (χ2n) is 7.09. The maximum atomic E-state index is 12.4. The standard InChI is InChI=1S/C25H20Br2N2O2S/c1-2-16-8-10-19(11-9-16)28-25-29-24(30)22(32-25)14-18-12-20(26)23(21(27)13-18)31-15-17-6-4-3-5-7-17/h3-14H,2,15H2,1H3,(H,28,29,30)/b22-14-. The number of carbonyl (C=O) groups is 1. The highest BCUT2D eigenvalue weighted by molar-refractivity contribution is 9.11. The van der Waals surface area contributed by atoms with Gasteiger partial charge in [0, 0.05) is 0 Å². The maximum absolute atomic E-state index is 12.4. The van der Waals surface area contributed by atoms with Crippen LogP contribution in [-0.4, -0.2) is 11.1 Å². The number of nitrogens with one attached hydrogen (secondary N) is 1. The molecule has 1 aliphatic heterocycles. The molecule has 0 saturated carbocycles. The Labute approximate surface area is 208 Å². The lowest BCUT2D eigenvalue weighted by Gasteiger charge is -2.11. The SMILES string of the molecule is CCc1ccc(N=C2NC(=O)/C(=C/c3cc(Br)c(OCc4ccccc4)c(Br)c3)S2)cc1. The fourth-order valence-electron chi connectivity index (χ4n) is 3.09. The molecule has 162 valence electrons. The van der Waals surface area contributed by atoms with Crippen molar-refractivity contribution in [3.8, 4) is 5.75 Å². The van der Waals surface area contributed by atoms with Gasteiger partial charge in [-0.15, -0.1) is 0 Å². The minimum absolute atomic E-state index is 0.157. The van der Waals surface area contributed by atoms with Gasteiger partial charge in [-0.1, -0.05) is 49.4 Å². The van der Waals surface area contributed by atoms with Gasteiger partial charge in [0.2, 0.25) is 0 Å². The molecule has 0 bridgehead atoms. The number of nitrogens with zero attached hydrogens (tertiary/aromatic N) is 1. The number of amidine groups is 1. The fourth-order valence-corrected chi connectivity index (χ4v) is 5.38. The number of aryl methyl sites for hydroxylation is 1. The number of rotatable bonds is 6. The Kier molecular flexibility index (Phi) is 7.50. The predicted molar refractivity (Wildman–Crippen MR) is 139 cm³/mol. The van der Waals surface area contributed by atoms with Gasteiger partial charge in [0.25, 0.3) is 5.91 Å². The third-order valence-electron chi connectivity index (χ3n) is 4.77. The molecule has 0 spiro atoms. The highest BCUT2D eigenvalue weighted by atomic mass is 79.9. The van der Waals surface area contributed by atoms with Crippen molar-refractivity contribution in [2.75, 3.05) is 0 Å². The molecule has 0 unspecified atom stereocenters. The molecule has 3 aromatic carbocycles. The predicted octanol–water partition coefficient (Wildman–Crippen LogP) is 7.24. The number of ether oxygens (including phenoxy) is 1. The van der Waals surface area contributed by atoms with Crippen LogP contribution in [0.15, 0.2) is 85.6 Å². The van der Waals surface area contributed by atoms with Crippen LogP contribution >= 0.6 is 43.6 Å². The van der Waals surface area contributed by atoms with Gasteiger partial charge in [0.05, 0.1) is 19.5 Å². The first-order valence-electron chi connectivity index (χ1n) is 10.1. The molecule has 0 atom stereocenters. The highest BCUT2D eigenvalue weighted by Gasteiger charge is 2.24. The molecule has 1 amide bonds. The van der Waals surface area contributed by atoms with Gasteiger partial charge in [0.15, 0.2) is 5.17 Å². The van der Waals surface area contributed by atoms with E-state index in [1.165, 1.54) is 17.3 Å². The van der Waals surface area contributed by atoms with Crippen molar-refractivity contribution in [3.05, 3.63) is 97.3 Å². The summed E-state index contributed by atoms with van der Waals surface area (Å²) >= 11 is 8.51.